The van der Waals surface area contributed by atoms with E-state index in [0.717, 1.165) is 5.56 Å². The molecule has 19 heavy (non-hydrogen) atoms. The first-order valence-electron chi connectivity index (χ1n) is 6.23. The van der Waals surface area contributed by atoms with Gasteiger partial charge in [0.05, 0.1) is 11.6 Å². The van der Waals surface area contributed by atoms with Crippen molar-refractivity contribution < 1.29 is 9.53 Å². The molecule has 1 amide bonds. The molecule has 4 heteroatoms. The lowest BCUT2D eigenvalue weighted by molar-refractivity contribution is 0.0645. The van der Waals surface area contributed by atoms with Crippen molar-refractivity contribution in [1.82, 2.24) is 10.3 Å². The number of rotatable bonds is 5. The zero-order chi connectivity index (χ0) is 13.7. The zero-order valence-electron chi connectivity index (χ0n) is 11.1. The lowest BCUT2D eigenvalue weighted by atomic mass is 10.0. The summed E-state index contributed by atoms with van der Waals surface area (Å²) in [4.78, 5) is 14.8. The van der Waals surface area contributed by atoms with Gasteiger partial charge in [-0.25, -0.2) is 0 Å². The molecule has 0 spiro atoms. The first-order valence-corrected chi connectivity index (χ1v) is 6.23. The van der Waals surface area contributed by atoms with Crippen LogP contribution in [-0.2, 0) is 4.74 Å². The molecule has 2 rings (SSSR count). The molecule has 0 fully saturated rings. The van der Waals surface area contributed by atoms with Gasteiger partial charge in [0.1, 0.15) is 6.10 Å². The third-order valence-corrected chi connectivity index (χ3v) is 3.06. The Morgan fingerprint density at radius 3 is 2.58 bits per heavy atom. The van der Waals surface area contributed by atoms with Crippen LogP contribution in [0.5, 0.6) is 0 Å². The van der Waals surface area contributed by atoms with Gasteiger partial charge in [-0.2, -0.15) is 0 Å². The Morgan fingerprint density at radius 1 is 1.26 bits per heavy atom. The molecule has 2 aromatic rings. The molecule has 1 aromatic heterocycles. The van der Waals surface area contributed by atoms with E-state index in [1.807, 2.05) is 37.3 Å². The Morgan fingerprint density at radius 2 is 2.00 bits per heavy atom. The van der Waals surface area contributed by atoms with E-state index in [9.17, 15) is 4.79 Å². The van der Waals surface area contributed by atoms with Gasteiger partial charge >= 0.3 is 0 Å². The first-order chi connectivity index (χ1) is 9.22. The Kier molecular flexibility index (Phi) is 4.36. The fraction of sp³-hybridized carbons (Fsp3) is 0.267. The number of methoxy groups -OCH3 is 1. The van der Waals surface area contributed by atoms with Crippen LogP contribution in [0.4, 0.5) is 0 Å². The first kappa shape index (κ1) is 13.4. The summed E-state index contributed by atoms with van der Waals surface area (Å²) < 4.78 is 5.49. The Bertz CT molecular complexity index is 508. The smallest absolute Gasteiger partial charge is 0.253 e. The fourth-order valence-electron chi connectivity index (χ4n) is 2.10. The topological polar surface area (TPSA) is 54.1 Å². The van der Waals surface area contributed by atoms with E-state index in [1.165, 1.54) is 0 Å². The molecule has 4 nitrogen and oxygen atoms in total. The van der Waals surface area contributed by atoms with Crippen molar-refractivity contribution in [1.29, 1.82) is 0 Å². The number of benzene rings is 1. The number of aromatic nitrogens is 1. The number of amides is 1. The second-order valence-corrected chi connectivity index (χ2v) is 4.43. The molecule has 1 heterocycles. The monoisotopic (exact) mass is 258 g/mol. The van der Waals surface area contributed by atoms with Crippen LogP contribution in [-0.4, -0.2) is 24.0 Å². The molecular weight excluding hydrogens is 240 g/mol. The third-order valence-electron chi connectivity index (χ3n) is 3.06. The average molecular weight is 258 g/mol. The van der Waals surface area contributed by atoms with Gasteiger partial charge in [0.15, 0.2) is 0 Å². The Hall–Kier alpha value is -2.07. The van der Waals surface area contributed by atoms with Crippen LogP contribution in [0.2, 0.25) is 0 Å². The minimum absolute atomic E-state index is 0.105. The SMILES string of the molecule is COC(c1ccccc1)C(C)NC(=O)c1cc[nH]c1. The van der Waals surface area contributed by atoms with E-state index in [-0.39, 0.29) is 18.1 Å². The Labute approximate surface area is 112 Å². The van der Waals surface area contributed by atoms with Crippen molar-refractivity contribution in [2.24, 2.45) is 0 Å². The number of carbonyl (C=O) groups is 1. The number of hydrogen-bond acceptors (Lipinski definition) is 2. The molecule has 0 saturated heterocycles. The van der Waals surface area contributed by atoms with Crippen LogP contribution in [0.1, 0.15) is 28.9 Å². The normalized spacial score (nSPS) is 13.8. The highest BCUT2D eigenvalue weighted by Crippen LogP contribution is 2.20. The van der Waals surface area contributed by atoms with Gasteiger partial charge in [-0.05, 0) is 18.6 Å². The van der Waals surface area contributed by atoms with Gasteiger partial charge in [0, 0.05) is 19.5 Å². The standard InChI is InChI=1S/C15H18N2O2/c1-11(17-15(18)13-8-9-16-10-13)14(19-2)12-6-4-3-5-7-12/h3-11,14,16H,1-2H3,(H,17,18). The highest BCUT2D eigenvalue weighted by molar-refractivity contribution is 5.94. The van der Waals surface area contributed by atoms with Gasteiger partial charge < -0.3 is 15.0 Å². The van der Waals surface area contributed by atoms with E-state index in [4.69, 9.17) is 4.74 Å². The summed E-state index contributed by atoms with van der Waals surface area (Å²) in [5.41, 5.74) is 1.67. The van der Waals surface area contributed by atoms with Crippen LogP contribution in [0.25, 0.3) is 0 Å². The Balaban J connectivity index is 2.05. The lowest BCUT2D eigenvalue weighted by Crippen LogP contribution is -2.37. The second-order valence-electron chi connectivity index (χ2n) is 4.43. The molecule has 0 aliphatic carbocycles. The van der Waals surface area contributed by atoms with Crippen LogP contribution in [0, 0.1) is 0 Å². The third kappa shape index (κ3) is 3.23. The lowest BCUT2D eigenvalue weighted by Gasteiger charge is -2.24. The van der Waals surface area contributed by atoms with Crippen LogP contribution < -0.4 is 5.32 Å². The van der Waals surface area contributed by atoms with Gasteiger partial charge in [-0.1, -0.05) is 30.3 Å². The predicted molar refractivity (Wildman–Crippen MR) is 73.9 cm³/mol. The quantitative estimate of drug-likeness (QED) is 0.865. The maximum Gasteiger partial charge on any atom is 0.253 e. The maximum absolute atomic E-state index is 12.0. The predicted octanol–water partition coefficient (Wildman–Crippen LogP) is 2.52. The molecule has 100 valence electrons. The van der Waals surface area contributed by atoms with E-state index in [1.54, 1.807) is 25.6 Å². The van der Waals surface area contributed by atoms with Gasteiger partial charge in [0.2, 0.25) is 0 Å². The van der Waals surface area contributed by atoms with Crippen LogP contribution in [0.15, 0.2) is 48.8 Å². The van der Waals surface area contributed by atoms with Crippen molar-refractivity contribution in [2.75, 3.05) is 7.11 Å². The molecular formula is C15H18N2O2. The summed E-state index contributed by atoms with van der Waals surface area (Å²) in [6.07, 6.45) is 3.24. The minimum atomic E-state index is -0.163. The van der Waals surface area contributed by atoms with Crippen molar-refractivity contribution in [3.8, 4) is 0 Å². The van der Waals surface area contributed by atoms with Gasteiger partial charge in [-0.15, -0.1) is 0 Å². The highest BCUT2D eigenvalue weighted by atomic mass is 16.5. The van der Waals surface area contributed by atoms with E-state index >= 15 is 0 Å². The van der Waals surface area contributed by atoms with Crippen LogP contribution in [0.3, 0.4) is 0 Å². The number of aromatic amines is 1. The number of carbonyl (C=O) groups excluding carboxylic acids is 1. The van der Waals surface area contributed by atoms with Gasteiger partial charge in [-0.3, -0.25) is 4.79 Å². The molecule has 0 bridgehead atoms. The molecule has 2 unspecified atom stereocenters. The molecule has 1 aromatic carbocycles. The summed E-state index contributed by atoms with van der Waals surface area (Å²) >= 11 is 0. The summed E-state index contributed by atoms with van der Waals surface area (Å²) in [5.74, 6) is -0.105. The molecule has 2 atom stereocenters. The number of ether oxygens (including phenoxy) is 1. The van der Waals surface area contributed by atoms with Crippen molar-refractivity contribution in [3.63, 3.8) is 0 Å². The zero-order valence-corrected chi connectivity index (χ0v) is 11.1. The maximum atomic E-state index is 12.0. The molecule has 0 saturated carbocycles. The second kappa shape index (κ2) is 6.20. The molecule has 0 aliphatic heterocycles. The van der Waals surface area contributed by atoms with Crippen LogP contribution >= 0.6 is 0 Å². The molecule has 0 aliphatic rings. The summed E-state index contributed by atoms with van der Waals surface area (Å²) in [6.45, 7) is 1.94. The fourth-order valence-corrected chi connectivity index (χ4v) is 2.10. The van der Waals surface area contributed by atoms with E-state index < -0.39 is 0 Å². The van der Waals surface area contributed by atoms with E-state index in [2.05, 4.69) is 10.3 Å². The summed E-state index contributed by atoms with van der Waals surface area (Å²) in [5, 5.41) is 2.95. The number of H-pyrrole nitrogens is 1. The minimum Gasteiger partial charge on any atom is -0.375 e. The van der Waals surface area contributed by atoms with E-state index in [0.29, 0.717) is 5.56 Å². The number of hydrogen-bond donors (Lipinski definition) is 2. The molecule has 0 radical (unpaired) electrons. The van der Waals surface area contributed by atoms with Crippen molar-refractivity contribution in [3.05, 3.63) is 59.9 Å². The number of nitrogens with one attached hydrogen (secondary N) is 2. The summed E-state index contributed by atoms with van der Waals surface area (Å²) in [6, 6.07) is 11.5. The highest BCUT2D eigenvalue weighted by Gasteiger charge is 2.21. The van der Waals surface area contributed by atoms with Crippen molar-refractivity contribution in [2.45, 2.75) is 19.1 Å². The van der Waals surface area contributed by atoms with Crippen molar-refractivity contribution >= 4 is 5.91 Å². The largest absolute Gasteiger partial charge is 0.375 e. The average Bonchev–Trinajstić information content (AvgIpc) is 2.94. The molecule has 2 N–H and O–H groups in total. The summed E-state index contributed by atoms with van der Waals surface area (Å²) in [7, 11) is 1.65. The van der Waals surface area contributed by atoms with Gasteiger partial charge in [0.25, 0.3) is 5.91 Å².